The van der Waals surface area contributed by atoms with Gasteiger partial charge in [0, 0.05) is 13.1 Å². The Morgan fingerprint density at radius 1 is 1.25 bits per heavy atom. The Bertz CT molecular complexity index is 566. The molecular weight excluding hydrogens is 258 g/mol. The van der Waals surface area contributed by atoms with Gasteiger partial charge in [0.25, 0.3) is 5.91 Å². The first-order chi connectivity index (χ1) is 9.65. The Labute approximate surface area is 116 Å². The fraction of sp³-hybridized carbons (Fsp3) is 0.429. The highest BCUT2D eigenvalue weighted by Crippen LogP contribution is 2.21. The molecule has 104 valence electrons. The number of guanidine groups is 1. The molecule has 2 aliphatic heterocycles. The summed E-state index contributed by atoms with van der Waals surface area (Å²) in [6.07, 6.45) is 8.40. The second-order valence-corrected chi connectivity index (χ2v) is 5.11. The molecule has 0 aromatic rings. The quantitative estimate of drug-likeness (QED) is 0.768. The maximum Gasteiger partial charge on any atom is 0.306 e. The fourth-order valence-corrected chi connectivity index (χ4v) is 2.62. The largest absolute Gasteiger partial charge is 0.481 e. The van der Waals surface area contributed by atoms with Gasteiger partial charge in [0.05, 0.1) is 11.6 Å². The van der Waals surface area contributed by atoms with Gasteiger partial charge in [-0.2, -0.15) is 4.99 Å². The molecule has 3 rings (SSSR count). The lowest BCUT2D eigenvalue weighted by Gasteiger charge is -2.32. The summed E-state index contributed by atoms with van der Waals surface area (Å²) in [6.45, 7) is 1.15. The number of amides is 1. The van der Waals surface area contributed by atoms with Crippen LogP contribution in [0.15, 0.2) is 34.3 Å². The van der Waals surface area contributed by atoms with Gasteiger partial charge in [-0.05, 0) is 18.9 Å². The maximum atomic E-state index is 12.0. The predicted molar refractivity (Wildman–Crippen MR) is 73.6 cm³/mol. The molecule has 2 heterocycles. The van der Waals surface area contributed by atoms with Crippen molar-refractivity contribution in [3.8, 4) is 0 Å². The zero-order valence-corrected chi connectivity index (χ0v) is 10.9. The van der Waals surface area contributed by atoms with Crippen molar-refractivity contribution in [1.82, 2.24) is 4.90 Å². The van der Waals surface area contributed by atoms with Crippen LogP contribution in [-0.2, 0) is 9.59 Å². The smallest absolute Gasteiger partial charge is 0.306 e. The van der Waals surface area contributed by atoms with E-state index in [9.17, 15) is 9.59 Å². The Balaban J connectivity index is 1.74. The first-order valence-electron chi connectivity index (χ1n) is 6.69. The van der Waals surface area contributed by atoms with Gasteiger partial charge in [0.15, 0.2) is 0 Å². The van der Waals surface area contributed by atoms with Crippen LogP contribution in [0.5, 0.6) is 0 Å². The number of piperidine rings is 1. The molecule has 0 spiro atoms. The van der Waals surface area contributed by atoms with E-state index in [1.807, 2.05) is 23.1 Å². The summed E-state index contributed by atoms with van der Waals surface area (Å²) in [5.74, 6) is -1.20. The number of hydrogen-bond donors (Lipinski definition) is 1. The van der Waals surface area contributed by atoms with Gasteiger partial charge >= 0.3 is 5.97 Å². The summed E-state index contributed by atoms with van der Waals surface area (Å²) in [4.78, 5) is 33.3. The molecule has 6 nitrogen and oxygen atoms in total. The van der Waals surface area contributed by atoms with Crippen LogP contribution in [-0.4, -0.2) is 46.6 Å². The van der Waals surface area contributed by atoms with Crippen LogP contribution in [0, 0.1) is 11.8 Å². The summed E-state index contributed by atoms with van der Waals surface area (Å²) < 4.78 is 0. The molecule has 0 aromatic heterocycles. The highest BCUT2D eigenvalue weighted by atomic mass is 16.4. The van der Waals surface area contributed by atoms with Gasteiger partial charge in [0.1, 0.15) is 5.92 Å². The molecule has 20 heavy (non-hydrogen) atoms. The van der Waals surface area contributed by atoms with Crippen molar-refractivity contribution < 1.29 is 14.7 Å². The van der Waals surface area contributed by atoms with Gasteiger partial charge in [-0.3, -0.25) is 9.59 Å². The van der Waals surface area contributed by atoms with Gasteiger partial charge < -0.3 is 10.0 Å². The summed E-state index contributed by atoms with van der Waals surface area (Å²) in [6, 6.07) is 0. The lowest BCUT2D eigenvalue weighted by atomic mass is 9.96. The van der Waals surface area contributed by atoms with E-state index in [4.69, 9.17) is 5.11 Å². The number of fused-ring (bicyclic) bond motifs is 1. The molecule has 1 N–H and O–H groups in total. The second-order valence-electron chi connectivity index (χ2n) is 5.11. The molecule has 3 aliphatic rings. The molecule has 0 saturated carbocycles. The zero-order valence-electron chi connectivity index (χ0n) is 10.9. The number of allylic oxidation sites excluding steroid dienone is 3. The number of likely N-dealkylation sites (tertiary alicyclic amines) is 1. The summed E-state index contributed by atoms with van der Waals surface area (Å²) in [5.41, 5.74) is 0.711. The van der Waals surface area contributed by atoms with Crippen molar-refractivity contribution in [2.45, 2.75) is 12.8 Å². The van der Waals surface area contributed by atoms with Crippen molar-refractivity contribution in [3.63, 3.8) is 0 Å². The Morgan fingerprint density at radius 3 is 2.70 bits per heavy atom. The van der Waals surface area contributed by atoms with Crippen LogP contribution in [0.2, 0.25) is 0 Å². The number of rotatable bonds is 1. The summed E-state index contributed by atoms with van der Waals surface area (Å²) in [7, 11) is 0. The zero-order chi connectivity index (χ0) is 14.1. The Morgan fingerprint density at radius 2 is 2.00 bits per heavy atom. The van der Waals surface area contributed by atoms with Crippen LogP contribution in [0.3, 0.4) is 0 Å². The Kier molecular flexibility index (Phi) is 3.22. The highest BCUT2D eigenvalue weighted by molar-refractivity contribution is 6.20. The number of hydrogen-bond acceptors (Lipinski definition) is 4. The van der Waals surface area contributed by atoms with Gasteiger partial charge in [-0.1, -0.05) is 18.2 Å². The normalized spacial score (nSPS) is 26.1. The van der Waals surface area contributed by atoms with Crippen molar-refractivity contribution in [1.29, 1.82) is 0 Å². The molecule has 1 amide bonds. The first-order valence-corrected chi connectivity index (χ1v) is 6.69. The molecule has 0 aromatic carbocycles. The van der Waals surface area contributed by atoms with Crippen LogP contribution in [0.1, 0.15) is 12.8 Å². The number of carboxylic acid groups (broad SMARTS) is 1. The maximum absolute atomic E-state index is 12.0. The average Bonchev–Trinajstić information content (AvgIpc) is 2.47. The van der Waals surface area contributed by atoms with E-state index in [-0.39, 0.29) is 17.7 Å². The SMILES string of the molecule is O=C(O)C1CCN(C2=NC(=O)C3C=CC=CC3=N2)CC1. The van der Waals surface area contributed by atoms with E-state index in [0.717, 1.165) is 0 Å². The predicted octanol–water partition coefficient (Wildman–Crippen LogP) is 0.862. The highest BCUT2D eigenvalue weighted by Gasteiger charge is 2.31. The lowest BCUT2D eigenvalue weighted by molar-refractivity contribution is -0.143. The summed E-state index contributed by atoms with van der Waals surface area (Å²) in [5, 5.41) is 8.98. The van der Waals surface area contributed by atoms with Crippen LogP contribution in [0.25, 0.3) is 0 Å². The van der Waals surface area contributed by atoms with Crippen molar-refractivity contribution in [3.05, 3.63) is 24.3 Å². The van der Waals surface area contributed by atoms with Crippen molar-refractivity contribution in [2.24, 2.45) is 21.8 Å². The van der Waals surface area contributed by atoms with Crippen LogP contribution >= 0.6 is 0 Å². The molecule has 0 bridgehead atoms. The average molecular weight is 273 g/mol. The topological polar surface area (TPSA) is 82.3 Å². The third kappa shape index (κ3) is 2.29. The van der Waals surface area contributed by atoms with Crippen molar-refractivity contribution >= 4 is 23.5 Å². The molecule has 1 fully saturated rings. The molecule has 1 unspecified atom stereocenters. The van der Waals surface area contributed by atoms with Gasteiger partial charge in [-0.15, -0.1) is 0 Å². The third-order valence-corrected chi connectivity index (χ3v) is 3.83. The van der Waals surface area contributed by atoms with E-state index < -0.39 is 5.97 Å². The number of aliphatic carboxylic acids is 1. The molecule has 1 saturated heterocycles. The molecule has 0 radical (unpaired) electrons. The standard InChI is InChI=1S/C14H15N3O3/c18-12-10-3-1-2-4-11(10)15-14(16-12)17-7-5-9(6-8-17)13(19)20/h1-4,9-10H,5-8H2,(H,19,20). The van der Waals surface area contributed by atoms with E-state index in [0.29, 0.717) is 37.6 Å². The molecule has 6 heteroatoms. The van der Waals surface area contributed by atoms with E-state index >= 15 is 0 Å². The van der Waals surface area contributed by atoms with Gasteiger partial charge in [-0.25, -0.2) is 4.99 Å². The number of carboxylic acids is 1. The van der Waals surface area contributed by atoms with E-state index in [1.165, 1.54) is 0 Å². The minimum atomic E-state index is -0.752. The molecular formula is C14H15N3O3. The van der Waals surface area contributed by atoms with E-state index in [2.05, 4.69) is 9.98 Å². The number of nitrogens with zero attached hydrogens (tertiary/aromatic N) is 3. The van der Waals surface area contributed by atoms with Gasteiger partial charge in [0.2, 0.25) is 5.96 Å². The number of carbonyl (C=O) groups is 2. The number of carbonyl (C=O) groups excluding carboxylic acids is 1. The monoisotopic (exact) mass is 273 g/mol. The molecule has 1 atom stereocenters. The molecule has 1 aliphatic carbocycles. The third-order valence-electron chi connectivity index (χ3n) is 3.83. The second kappa shape index (κ2) is 5.03. The fourth-order valence-electron chi connectivity index (χ4n) is 2.62. The van der Waals surface area contributed by atoms with Crippen LogP contribution < -0.4 is 0 Å². The Hall–Kier alpha value is -2.24. The van der Waals surface area contributed by atoms with E-state index in [1.54, 1.807) is 6.08 Å². The number of aliphatic imine (C=N–C) groups is 2. The van der Waals surface area contributed by atoms with Crippen LogP contribution in [0.4, 0.5) is 0 Å². The summed E-state index contributed by atoms with van der Waals surface area (Å²) >= 11 is 0. The first kappa shape index (κ1) is 12.8. The lowest BCUT2D eigenvalue weighted by Crippen LogP contribution is -2.42. The minimum absolute atomic E-state index is 0.203. The minimum Gasteiger partial charge on any atom is -0.481 e. The van der Waals surface area contributed by atoms with Crippen molar-refractivity contribution in [2.75, 3.05) is 13.1 Å².